The minimum atomic E-state index is -0.122. The van der Waals surface area contributed by atoms with E-state index in [2.05, 4.69) is 22.4 Å². The fraction of sp³-hybridized carbons (Fsp3) is 0.800. The lowest BCUT2D eigenvalue weighted by Crippen LogP contribution is -2.18. The Labute approximate surface area is 95.1 Å². The molecular weight excluding hydrogens is 210 g/mol. The van der Waals surface area contributed by atoms with Crippen LogP contribution in [-0.2, 0) is 11.3 Å². The smallest absolute Gasteiger partial charge is 0.205 e. The molecule has 86 valence electrons. The largest absolute Gasteiger partial charge is 0.369 e. The van der Waals surface area contributed by atoms with Crippen LogP contribution in [0.5, 0.6) is 0 Å². The molecule has 0 aromatic carbocycles. The quantitative estimate of drug-likeness (QED) is 0.843. The fourth-order valence-electron chi connectivity index (χ4n) is 0.894. The molecule has 0 saturated heterocycles. The van der Waals surface area contributed by atoms with Crippen LogP contribution in [0.2, 0.25) is 0 Å². The third kappa shape index (κ3) is 5.09. The molecule has 5 heteroatoms. The van der Waals surface area contributed by atoms with Crippen molar-refractivity contribution in [3.8, 4) is 0 Å². The van der Waals surface area contributed by atoms with Gasteiger partial charge in [-0.1, -0.05) is 18.3 Å². The maximum atomic E-state index is 5.61. The summed E-state index contributed by atoms with van der Waals surface area (Å²) in [6, 6.07) is 0. The van der Waals surface area contributed by atoms with Gasteiger partial charge in [-0.2, -0.15) is 0 Å². The molecule has 0 aliphatic rings. The molecule has 0 bridgehead atoms. The van der Waals surface area contributed by atoms with Gasteiger partial charge in [0.05, 0.1) is 5.60 Å². The Balaban J connectivity index is 2.39. The number of ether oxygens (including phenoxy) is 1. The van der Waals surface area contributed by atoms with E-state index < -0.39 is 0 Å². The topological polar surface area (TPSA) is 47.0 Å². The lowest BCUT2D eigenvalue weighted by Gasteiger charge is -2.17. The van der Waals surface area contributed by atoms with Crippen LogP contribution >= 0.6 is 11.3 Å². The number of hydrogen-bond acceptors (Lipinski definition) is 5. The molecule has 0 aliphatic heterocycles. The average Bonchev–Trinajstić information content (AvgIpc) is 2.58. The van der Waals surface area contributed by atoms with Gasteiger partial charge in [0.25, 0.3) is 0 Å². The summed E-state index contributed by atoms with van der Waals surface area (Å²) >= 11 is 1.56. The second-order valence-electron chi connectivity index (χ2n) is 4.33. The fourth-order valence-corrected chi connectivity index (χ4v) is 1.57. The van der Waals surface area contributed by atoms with Crippen molar-refractivity contribution >= 4 is 16.5 Å². The van der Waals surface area contributed by atoms with E-state index in [0.29, 0.717) is 6.61 Å². The van der Waals surface area contributed by atoms with Gasteiger partial charge in [-0.05, 0) is 27.2 Å². The summed E-state index contributed by atoms with van der Waals surface area (Å²) in [5.41, 5.74) is -0.122. The van der Waals surface area contributed by atoms with Crippen LogP contribution < -0.4 is 5.32 Å². The maximum absolute atomic E-state index is 5.61. The summed E-state index contributed by atoms with van der Waals surface area (Å²) in [6.45, 7) is 9.69. The number of anilines is 1. The second-order valence-corrected chi connectivity index (χ2v) is 5.39. The van der Waals surface area contributed by atoms with Crippen LogP contribution in [0.4, 0.5) is 5.13 Å². The highest BCUT2D eigenvalue weighted by Gasteiger charge is 2.12. The minimum absolute atomic E-state index is 0.122. The predicted molar refractivity (Wildman–Crippen MR) is 63.2 cm³/mol. The van der Waals surface area contributed by atoms with Crippen molar-refractivity contribution in [3.63, 3.8) is 0 Å². The molecule has 0 fully saturated rings. The first-order chi connectivity index (χ1) is 7.01. The molecule has 0 aliphatic carbocycles. The highest BCUT2D eigenvalue weighted by molar-refractivity contribution is 7.15. The van der Waals surface area contributed by atoms with E-state index in [9.17, 15) is 0 Å². The first-order valence-corrected chi connectivity index (χ1v) is 6.03. The predicted octanol–water partition coefficient (Wildman–Crippen LogP) is 2.68. The number of hydrogen-bond donors (Lipinski definition) is 1. The van der Waals surface area contributed by atoms with E-state index in [1.54, 1.807) is 11.3 Å². The van der Waals surface area contributed by atoms with Crippen LogP contribution in [0.3, 0.4) is 0 Å². The molecule has 1 N–H and O–H groups in total. The first kappa shape index (κ1) is 12.4. The normalized spacial score (nSPS) is 11.7. The van der Waals surface area contributed by atoms with Gasteiger partial charge in [-0.3, -0.25) is 0 Å². The molecule has 0 spiro atoms. The Morgan fingerprint density at radius 1 is 1.33 bits per heavy atom. The summed E-state index contributed by atoms with van der Waals surface area (Å²) in [5, 5.41) is 13.1. The van der Waals surface area contributed by atoms with Crippen molar-refractivity contribution in [1.82, 2.24) is 10.2 Å². The van der Waals surface area contributed by atoms with Gasteiger partial charge in [0.1, 0.15) is 11.6 Å². The SMILES string of the molecule is CCCNc1nnc(COC(C)(C)C)s1. The Morgan fingerprint density at radius 3 is 2.67 bits per heavy atom. The van der Waals surface area contributed by atoms with Crippen molar-refractivity contribution in [2.24, 2.45) is 0 Å². The zero-order valence-electron chi connectivity index (χ0n) is 9.83. The minimum Gasteiger partial charge on any atom is -0.369 e. The first-order valence-electron chi connectivity index (χ1n) is 5.21. The van der Waals surface area contributed by atoms with Gasteiger partial charge in [0, 0.05) is 6.54 Å². The van der Waals surface area contributed by atoms with Gasteiger partial charge in [-0.25, -0.2) is 0 Å². The lowest BCUT2D eigenvalue weighted by atomic mass is 10.2. The zero-order chi connectivity index (χ0) is 11.3. The van der Waals surface area contributed by atoms with Crippen molar-refractivity contribution in [2.75, 3.05) is 11.9 Å². The van der Waals surface area contributed by atoms with Gasteiger partial charge in [0.2, 0.25) is 5.13 Å². The second kappa shape index (κ2) is 5.42. The molecule has 0 atom stereocenters. The molecule has 15 heavy (non-hydrogen) atoms. The number of rotatable bonds is 5. The van der Waals surface area contributed by atoms with E-state index >= 15 is 0 Å². The van der Waals surface area contributed by atoms with Gasteiger partial charge >= 0.3 is 0 Å². The molecule has 0 saturated carbocycles. The number of nitrogens with zero attached hydrogens (tertiary/aromatic N) is 2. The van der Waals surface area contributed by atoms with E-state index in [-0.39, 0.29) is 5.60 Å². The Bertz CT molecular complexity index is 293. The molecule has 1 heterocycles. The zero-order valence-corrected chi connectivity index (χ0v) is 10.6. The van der Waals surface area contributed by atoms with Crippen molar-refractivity contribution < 1.29 is 4.74 Å². The van der Waals surface area contributed by atoms with Gasteiger partial charge < -0.3 is 10.1 Å². The molecule has 0 radical (unpaired) electrons. The number of nitrogens with one attached hydrogen (secondary N) is 1. The third-order valence-corrected chi connectivity index (χ3v) is 2.48. The molecule has 1 aromatic heterocycles. The van der Waals surface area contributed by atoms with Crippen LogP contribution in [0.15, 0.2) is 0 Å². The highest BCUT2D eigenvalue weighted by Crippen LogP contribution is 2.18. The summed E-state index contributed by atoms with van der Waals surface area (Å²) in [4.78, 5) is 0. The summed E-state index contributed by atoms with van der Waals surface area (Å²) in [6.07, 6.45) is 1.09. The lowest BCUT2D eigenvalue weighted by molar-refractivity contribution is -0.0152. The van der Waals surface area contributed by atoms with Crippen LogP contribution in [0.25, 0.3) is 0 Å². The molecule has 0 unspecified atom stereocenters. The Morgan fingerprint density at radius 2 is 2.07 bits per heavy atom. The van der Waals surface area contributed by atoms with Crippen molar-refractivity contribution in [1.29, 1.82) is 0 Å². The van der Waals surface area contributed by atoms with Crippen molar-refractivity contribution in [2.45, 2.75) is 46.3 Å². The van der Waals surface area contributed by atoms with Gasteiger partial charge in [-0.15, -0.1) is 10.2 Å². The van der Waals surface area contributed by atoms with Gasteiger partial charge in [0.15, 0.2) is 0 Å². The molecule has 1 rings (SSSR count). The Kier molecular flexibility index (Phi) is 4.47. The third-order valence-electron chi connectivity index (χ3n) is 1.62. The molecular formula is C10H19N3OS. The van der Waals surface area contributed by atoms with E-state index in [1.807, 2.05) is 20.8 Å². The maximum Gasteiger partial charge on any atom is 0.205 e. The molecule has 1 aromatic rings. The number of aromatic nitrogens is 2. The summed E-state index contributed by atoms with van der Waals surface area (Å²) < 4.78 is 5.61. The van der Waals surface area contributed by atoms with E-state index in [1.165, 1.54) is 0 Å². The van der Waals surface area contributed by atoms with E-state index in [4.69, 9.17) is 4.74 Å². The highest BCUT2D eigenvalue weighted by atomic mass is 32.1. The standard InChI is InChI=1S/C10H19N3OS/c1-5-6-11-9-13-12-8(15-9)7-14-10(2,3)4/h5-7H2,1-4H3,(H,11,13). The van der Waals surface area contributed by atoms with Crippen LogP contribution in [-0.4, -0.2) is 22.3 Å². The molecule has 0 amide bonds. The summed E-state index contributed by atoms with van der Waals surface area (Å²) in [5.74, 6) is 0. The van der Waals surface area contributed by atoms with Crippen LogP contribution in [0.1, 0.15) is 39.1 Å². The molecule has 4 nitrogen and oxygen atoms in total. The Hall–Kier alpha value is -0.680. The van der Waals surface area contributed by atoms with Crippen molar-refractivity contribution in [3.05, 3.63) is 5.01 Å². The summed E-state index contributed by atoms with van der Waals surface area (Å²) in [7, 11) is 0. The monoisotopic (exact) mass is 229 g/mol. The average molecular weight is 229 g/mol. The van der Waals surface area contributed by atoms with Crippen LogP contribution in [0, 0.1) is 0 Å². The van der Waals surface area contributed by atoms with E-state index in [0.717, 1.165) is 23.1 Å².